The van der Waals surface area contributed by atoms with Crippen molar-refractivity contribution in [2.75, 3.05) is 0 Å². The third-order valence-corrected chi connectivity index (χ3v) is 4.00. The second-order valence-corrected chi connectivity index (χ2v) is 5.73. The molecule has 1 amide bonds. The van der Waals surface area contributed by atoms with Crippen molar-refractivity contribution in [1.82, 2.24) is 5.32 Å². The van der Waals surface area contributed by atoms with Crippen molar-refractivity contribution in [3.63, 3.8) is 0 Å². The van der Waals surface area contributed by atoms with Crippen molar-refractivity contribution in [1.29, 1.82) is 0 Å². The van der Waals surface area contributed by atoms with E-state index >= 15 is 0 Å². The summed E-state index contributed by atoms with van der Waals surface area (Å²) in [4.78, 5) is 12.0. The van der Waals surface area contributed by atoms with Gasteiger partial charge in [0, 0.05) is 17.2 Å². The van der Waals surface area contributed by atoms with Gasteiger partial charge in [-0.2, -0.15) is 0 Å². The Morgan fingerprint density at radius 2 is 2.24 bits per heavy atom. The molecule has 0 aromatic heterocycles. The Morgan fingerprint density at radius 3 is 2.95 bits per heavy atom. The van der Waals surface area contributed by atoms with Gasteiger partial charge in [-0.25, -0.2) is 0 Å². The highest BCUT2D eigenvalue weighted by atomic mass is 16.5. The lowest BCUT2D eigenvalue weighted by molar-refractivity contribution is -0.127. The number of hydrogen-bond acceptors (Lipinski definition) is 4. The molecule has 0 saturated heterocycles. The highest BCUT2D eigenvalue weighted by molar-refractivity contribution is 6.02. The summed E-state index contributed by atoms with van der Waals surface area (Å²) in [7, 11) is 0. The van der Waals surface area contributed by atoms with E-state index in [0.717, 1.165) is 43.2 Å². The van der Waals surface area contributed by atoms with Crippen LogP contribution in [0.1, 0.15) is 43.7 Å². The standard InChI is InChI=1S/C16H20N2O3/c1-10(16(19)17-11-8-9-11)21-15-7-3-4-12-13(15)5-2-6-14(12)18-20/h3-4,7,10-11,20H,2,5-6,8-9H2,1H3,(H,17,19). The molecule has 5 heteroatoms. The average molecular weight is 288 g/mol. The molecule has 21 heavy (non-hydrogen) atoms. The first kappa shape index (κ1) is 13.9. The molecule has 2 aliphatic carbocycles. The number of carbonyl (C=O) groups is 1. The zero-order chi connectivity index (χ0) is 14.8. The smallest absolute Gasteiger partial charge is 0.260 e. The normalized spacial score (nSPS) is 20.7. The summed E-state index contributed by atoms with van der Waals surface area (Å²) in [6.07, 6.45) is 4.18. The van der Waals surface area contributed by atoms with Gasteiger partial charge in [-0.05, 0) is 45.1 Å². The quantitative estimate of drug-likeness (QED) is 0.659. The van der Waals surface area contributed by atoms with Gasteiger partial charge in [-0.15, -0.1) is 0 Å². The first-order valence-corrected chi connectivity index (χ1v) is 7.49. The van der Waals surface area contributed by atoms with E-state index in [1.54, 1.807) is 6.92 Å². The summed E-state index contributed by atoms with van der Waals surface area (Å²) < 4.78 is 5.85. The molecular weight excluding hydrogens is 268 g/mol. The minimum absolute atomic E-state index is 0.0676. The van der Waals surface area contributed by atoms with Gasteiger partial charge < -0.3 is 15.3 Å². The van der Waals surface area contributed by atoms with Gasteiger partial charge in [0.1, 0.15) is 5.75 Å². The number of hydrogen-bond donors (Lipinski definition) is 2. The Bertz CT molecular complexity index is 579. The Hall–Kier alpha value is -2.04. The fourth-order valence-electron chi connectivity index (χ4n) is 2.67. The maximum Gasteiger partial charge on any atom is 0.260 e. The number of carbonyl (C=O) groups excluding carboxylic acids is 1. The molecule has 1 aromatic rings. The lowest BCUT2D eigenvalue weighted by atomic mass is 9.89. The van der Waals surface area contributed by atoms with E-state index in [1.165, 1.54) is 0 Å². The maximum absolute atomic E-state index is 12.0. The van der Waals surface area contributed by atoms with E-state index in [-0.39, 0.29) is 5.91 Å². The van der Waals surface area contributed by atoms with Crippen molar-refractivity contribution < 1.29 is 14.7 Å². The van der Waals surface area contributed by atoms with E-state index in [1.807, 2.05) is 18.2 Å². The topological polar surface area (TPSA) is 70.9 Å². The molecule has 0 aliphatic heterocycles. The van der Waals surface area contributed by atoms with Gasteiger partial charge >= 0.3 is 0 Å². The minimum atomic E-state index is -0.520. The van der Waals surface area contributed by atoms with Crippen LogP contribution >= 0.6 is 0 Å². The highest BCUT2D eigenvalue weighted by Crippen LogP contribution is 2.30. The van der Waals surface area contributed by atoms with Crippen LogP contribution in [0.2, 0.25) is 0 Å². The van der Waals surface area contributed by atoms with Crippen LogP contribution in [-0.4, -0.2) is 29.0 Å². The van der Waals surface area contributed by atoms with Crippen LogP contribution in [0.5, 0.6) is 5.75 Å². The fraction of sp³-hybridized carbons (Fsp3) is 0.500. The lowest BCUT2D eigenvalue weighted by Crippen LogP contribution is -2.37. The lowest BCUT2D eigenvalue weighted by Gasteiger charge is -2.22. The van der Waals surface area contributed by atoms with Crippen LogP contribution in [0.3, 0.4) is 0 Å². The third kappa shape index (κ3) is 3.01. The SMILES string of the molecule is CC(Oc1cccc2c1CCCC2=NO)C(=O)NC1CC1. The van der Waals surface area contributed by atoms with Crippen LogP contribution in [0.4, 0.5) is 0 Å². The van der Waals surface area contributed by atoms with E-state index in [4.69, 9.17) is 9.94 Å². The molecule has 1 aromatic carbocycles. The Kier molecular flexibility index (Phi) is 3.82. The van der Waals surface area contributed by atoms with Gasteiger partial charge in [-0.1, -0.05) is 17.3 Å². The molecule has 2 N–H and O–H groups in total. The fourth-order valence-corrected chi connectivity index (χ4v) is 2.67. The number of nitrogens with one attached hydrogen (secondary N) is 1. The van der Waals surface area contributed by atoms with Crippen molar-refractivity contribution in [2.45, 2.75) is 51.2 Å². The number of oxime groups is 1. The molecule has 0 spiro atoms. The summed E-state index contributed by atoms with van der Waals surface area (Å²) in [6, 6.07) is 6.02. The van der Waals surface area contributed by atoms with Gasteiger partial charge in [0.2, 0.25) is 0 Å². The molecule has 1 unspecified atom stereocenters. The summed E-state index contributed by atoms with van der Waals surface area (Å²) in [5.74, 6) is 0.647. The van der Waals surface area contributed by atoms with Gasteiger partial charge in [0.05, 0.1) is 5.71 Å². The van der Waals surface area contributed by atoms with Crippen LogP contribution in [0, 0.1) is 0 Å². The van der Waals surface area contributed by atoms with E-state index < -0.39 is 6.10 Å². The highest BCUT2D eigenvalue weighted by Gasteiger charge is 2.27. The predicted octanol–water partition coefficient (Wildman–Crippen LogP) is 2.25. The largest absolute Gasteiger partial charge is 0.481 e. The molecule has 0 bridgehead atoms. The molecule has 0 radical (unpaired) electrons. The molecule has 1 atom stereocenters. The number of ether oxygens (including phenoxy) is 1. The minimum Gasteiger partial charge on any atom is -0.481 e. The van der Waals surface area contributed by atoms with E-state index in [2.05, 4.69) is 10.5 Å². The summed E-state index contributed by atoms with van der Waals surface area (Å²) in [5.41, 5.74) is 2.65. The average Bonchev–Trinajstić information content (AvgIpc) is 3.30. The van der Waals surface area contributed by atoms with Crippen LogP contribution in [0.25, 0.3) is 0 Å². The number of fused-ring (bicyclic) bond motifs is 1. The van der Waals surface area contributed by atoms with Gasteiger partial charge in [0.15, 0.2) is 6.10 Å². The molecule has 5 nitrogen and oxygen atoms in total. The van der Waals surface area contributed by atoms with Gasteiger partial charge in [0.25, 0.3) is 5.91 Å². The summed E-state index contributed by atoms with van der Waals surface area (Å²) in [6.45, 7) is 1.76. The van der Waals surface area contributed by atoms with Crippen molar-refractivity contribution >= 4 is 11.6 Å². The van der Waals surface area contributed by atoms with E-state index in [0.29, 0.717) is 17.5 Å². The zero-order valence-electron chi connectivity index (χ0n) is 12.1. The monoisotopic (exact) mass is 288 g/mol. The number of benzene rings is 1. The Labute approximate surface area is 124 Å². The van der Waals surface area contributed by atoms with E-state index in [9.17, 15) is 4.79 Å². The predicted molar refractivity (Wildman–Crippen MR) is 79.0 cm³/mol. The first-order valence-electron chi connectivity index (χ1n) is 7.49. The van der Waals surface area contributed by atoms with Crippen LogP contribution in [-0.2, 0) is 11.2 Å². The molecular formula is C16H20N2O3. The van der Waals surface area contributed by atoms with Gasteiger partial charge in [-0.3, -0.25) is 4.79 Å². The number of nitrogens with zero attached hydrogens (tertiary/aromatic N) is 1. The molecule has 1 saturated carbocycles. The summed E-state index contributed by atoms with van der Waals surface area (Å²) in [5, 5.41) is 15.4. The maximum atomic E-state index is 12.0. The molecule has 1 fully saturated rings. The molecule has 3 rings (SSSR count). The van der Waals surface area contributed by atoms with Crippen molar-refractivity contribution in [2.24, 2.45) is 5.16 Å². The summed E-state index contributed by atoms with van der Waals surface area (Å²) >= 11 is 0. The molecule has 2 aliphatic rings. The third-order valence-electron chi connectivity index (χ3n) is 4.00. The Balaban J connectivity index is 1.77. The second kappa shape index (κ2) is 5.76. The van der Waals surface area contributed by atoms with Crippen LogP contribution in [0.15, 0.2) is 23.4 Å². The Morgan fingerprint density at radius 1 is 1.43 bits per heavy atom. The zero-order valence-corrected chi connectivity index (χ0v) is 12.1. The second-order valence-electron chi connectivity index (χ2n) is 5.73. The molecule has 112 valence electrons. The van der Waals surface area contributed by atoms with Crippen molar-refractivity contribution in [3.05, 3.63) is 29.3 Å². The molecule has 0 heterocycles. The number of rotatable bonds is 4. The number of amides is 1. The van der Waals surface area contributed by atoms with Crippen LogP contribution < -0.4 is 10.1 Å². The van der Waals surface area contributed by atoms with Crippen molar-refractivity contribution in [3.8, 4) is 5.75 Å². The first-order chi connectivity index (χ1) is 10.2.